The van der Waals surface area contributed by atoms with Gasteiger partial charge in [-0.2, -0.15) is 0 Å². The molecular formula is C13H25ClN2. The van der Waals surface area contributed by atoms with Crippen molar-refractivity contribution in [2.45, 2.75) is 32.1 Å². The summed E-state index contributed by atoms with van der Waals surface area (Å²) in [6.07, 6.45) is 7.37. The van der Waals surface area contributed by atoms with Crippen LogP contribution in [0.15, 0.2) is 0 Å². The van der Waals surface area contributed by atoms with E-state index in [1.54, 1.807) is 0 Å². The van der Waals surface area contributed by atoms with Crippen molar-refractivity contribution in [2.24, 2.45) is 17.8 Å². The van der Waals surface area contributed by atoms with Crippen molar-refractivity contribution < 1.29 is 0 Å². The highest BCUT2D eigenvalue weighted by Crippen LogP contribution is 2.38. The van der Waals surface area contributed by atoms with Gasteiger partial charge in [0.05, 0.1) is 0 Å². The van der Waals surface area contributed by atoms with Gasteiger partial charge >= 0.3 is 0 Å². The van der Waals surface area contributed by atoms with Gasteiger partial charge < -0.3 is 10.2 Å². The third-order valence-corrected chi connectivity index (χ3v) is 4.78. The molecular weight excluding hydrogens is 220 g/mol. The minimum atomic E-state index is 0. The maximum atomic E-state index is 3.46. The zero-order chi connectivity index (χ0) is 10.1. The molecule has 1 aliphatic carbocycles. The second kappa shape index (κ2) is 5.70. The van der Waals surface area contributed by atoms with Crippen LogP contribution in [0.3, 0.4) is 0 Å². The summed E-state index contributed by atoms with van der Waals surface area (Å²) in [4.78, 5) is 2.77. The van der Waals surface area contributed by atoms with E-state index in [4.69, 9.17) is 0 Å². The maximum absolute atomic E-state index is 3.46. The molecule has 3 rings (SSSR count). The molecule has 2 unspecified atom stereocenters. The fraction of sp³-hybridized carbons (Fsp3) is 1.00. The zero-order valence-electron chi connectivity index (χ0n) is 10.2. The molecule has 16 heavy (non-hydrogen) atoms. The van der Waals surface area contributed by atoms with E-state index >= 15 is 0 Å². The van der Waals surface area contributed by atoms with Gasteiger partial charge in [0.25, 0.3) is 0 Å². The summed E-state index contributed by atoms with van der Waals surface area (Å²) in [6, 6.07) is 0. The lowest BCUT2D eigenvalue weighted by molar-refractivity contribution is 0.228. The zero-order valence-corrected chi connectivity index (χ0v) is 11.0. The number of hydrogen-bond donors (Lipinski definition) is 1. The first-order chi connectivity index (χ1) is 7.42. The number of nitrogens with zero attached hydrogens (tertiary/aromatic N) is 1. The predicted octanol–water partition coefficient (Wildman–Crippen LogP) is 2.14. The summed E-state index contributed by atoms with van der Waals surface area (Å²) in [7, 11) is 0. The van der Waals surface area contributed by atoms with Crippen LogP contribution in [0.5, 0.6) is 0 Å². The van der Waals surface area contributed by atoms with Crippen LogP contribution in [0.1, 0.15) is 32.1 Å². The van der Waals surface area contributed by atoms with Crippen molar-refractivity contribution in [3.05, 3.63) is 0 Å². The van der Waals surface area contributed by atoms with Crippen molar-refractivity contribution >= 4 is 12.4 Å². The fourth-order valence-electron chi connectivity index (χ4n) is 3.91. The molecule has 2 aliphatic heterocycles. The largest absolute Gasteiger partial charge is 0.317 e. The minimum Gasteiger partial charge on any atom is -0.317 e. The summed E-state index contributed by atoms with van der Waals surface area (Å²) in [5.74, 6) is 3.14. The molecule has 3 fully saturated rings. The highest BCUT2D eigenvalue weighted by Gasteiger charge is 2.36. The summed E-state index contributed by atoms with van der Waals surface area (Å²) in [6.45, 7) is 6.76. The predicted molar refractivity (Wildman–Crippen MR) is 70.1 cm³/mol. The fourth-order valence-corrected chi connectivity index (χ4v) is 3.91. The topological polar surface area (TPSA) is 15.3 Å². The lowest BCUT2D eigenvalue weighted by Crippen LogP contribution is -2.35. The van der Waals surface area contributed by atoms with E-state index < -0.39 is 0 Å². The molecule has 2 nitrogen and oxygen atoms in total. The summed E-state index contributed by atoms with van der Waals surface area (Å²) >= 11 is 0. The first-order valence-electron chi connectivity index (χ1n) is 6.85. The van der Waals surface area contributed by atoms with Gasteiger partial charge in [-0.05, 0) is 56.5 Å². The number of likely N-dealkylation sites (tertiary alicyclic amines) is 1. The Morgan fingerprint density at radius 2 is 1.56 bits per heavy atom. The number of fused-ring (bicyclic) bond motifs is 1. The van der Waals surface area contributed by atoms with Crippen molar-refractivity contribution in [3.63, 3.8) is 0 Å². The van der Waals surface area contributed by atoms with E-state index in [0.29, 0.717) is 0 Å². The van der Waals surface area contributed by atoms with Crippen molar-refractivity contribution in [2.75, 3.05) is 32.7 Å². The molecule has 2 heterocycles. The SMILES string of the molecule is C1CC2CN(CC3CCNCC3)CC2C1.Cl. The second-order valence-electron chi connectivity index (χ2n) is 5.86. The monoisotopic (exact) mass is 244 g/mol. The first kappa shape index (κ1) is 12.7. The number of rotatable bonds is 2. The quantitative estimate of drug-likeness (QED) is 0.801. The van der Waals surface area contributed by atoms with Gasteiger partial charge in [-0.3, -0.25) is 0 Å². The van der Waals surface area contributed by atoms with Crippen LogP contribution < -0.4 is 5.32 Å². The van der Waals surface area contributed by atoms with E-state index in [2.05, 4.69) is 10.2 Å². The Balaban J connectivity index is 0.000000963. The van der Waals surface area contributed by atoms with Crippen LogP contribution in [0.2, 0.25) is 0 Å². The van der Waals surface area contributed by atoms with E-state index in [1.807, 2.05) is 0 Å². The molecule has 0 spiro atoms. The van der Waals surface area contributed by atoms with Crippen LogP contribution in [0.25, 0.3) is 0 Å². The van der Waals surface area contributed by atoms with Crippen LogP contribution in [0, 0.1) is 17.8 Å². The van der Waals surface area contributed by atoms with Gasteiger partial charge in [0.1, 0.15) is 0 Å². The van der Waals surface area contributed by atoms with Crippen LogP contribution >= 0.6 is 12.4 Å². The molecule has 2 saturated heterocycles. The van der Waals surface area contributed by atoms with Crippen LogP contribution in [-0.4, -0.2) is 37.6 Å². The lowest BCUT2D eigenvalue weighted by atomic mass is 9.97. The van der Waals surface area contributed by atoms with E-state index in [9.17, 15) is 0 Å². The molecule has 3 aliphatic rings. The third-order valence-electron chi connectivity index (χ3n) is 4.78. The van der Waals surface area contributed by atoms with E-state index in [-0.39, 0.29) is 12.4 Å². The molecule has 0 bridgehead atoms. The Hall–Kier alpha value is 0.210. The highest BCUT2D eigenvalue weighted by molar-refractivity contribution is 5.85. The number of halogens is 1. The molecule has 0 aromatic carbocycles. The summed E-state index contributed by atoms with van der Waals surface area (Å²) < 4.78 is 0. The van der Waals surface area contributed by atoms with E-state index in [0.717, 1.165) is 17.8 Å². The standard InChI is InChI=1S/C13H24N2.ClH/c1-2-12-9-15(10-13(12)3-1)8-11-4-6-14-7-5-11;/h11-14H,1-10H2;1H. The average Bonchev–Trinajstić information content (AvgIpc) is 2.79. The molecule has 0 amide bonds. The molecule has 0 aromatic heterocycles. The number of hydrogen-bond acceptors (Lipinski definition) is 2. The first-order valence-corrected chi connectivity index (χ1v) is 6.85. The molecule has 0 radical (unpaired) electrons. The Morgan fingerprint density at radius 1 is 0.938 bits per heavy atom. The number of nitrogens with one attached hydrogen (secondary N) is 1. The Labute approximate surface area is 106 Å². The van der Waals surface area contributed by atoms with Gasteiger partial charge in [-0.15, -0.1) is 12.4 Å². The van der Waals surface area contributed by atoms with Crippen molar-refractivity contribution in [3.8, 4) is 0 Å². The highest BCUT2D eigenvalue weighted by atomic mass is 35.5. The van der Waals surface area contributed by atoms with Gasteiger partial charge in [-0.1, -0.05) is 6.42 Å². The van der Waals surface area contributed by atoms with Crippen LogP contribution in [-0.2, 0) is 0 Å². The third kappa shape index (κ3) is 2.72. The Kier molecular flexibility index (Phi) is 4.51. The van der Waals surface area contributed by atoms with Gasteiger partial charge in [0.2, 0.25) is 0 Å². The van der Waals surface area contributed by atoms with Crippen molar-refractivity contribution in [1.29, 1.82) is 0 Å². The normalized spacial score (nSPS) is 36.0. The Bertz CT molecular complexity index is 204. The lowest BCUT2D eigenvalue weighted by Gasteiger charge is -2.27. The molecule has 1 saturated carbocycles. The van der Waals surface area contributed by atoms with Crippen LogP contribution in [0.4, 0.5) is 0 Å². The second-order valence-corrected chi connectivity index (χ2v) is 5.86. The molecule has 1 N–H and O–H groups in total. The summed E-state index contributed by atoms with van der Waals surface area (Å²) in [5, 5.41) is 3.46. The van der Waals surface area contributed by atoms with Gasteiger partial charge in [0.15, 0.2) is 0 Å². The minimum absolute atomic E-state index is 0. The molecule has 2 atom stereocenters. The van der Waals surface area contributed by atoms with Gasteiger partial charge in [-0.25, -0.2) is 0 Å². The average molecular weight is 245 g/mol. The van der Waals surface area contributed by atoms with Crippen molar-refractivity contribution in [1.82, 2.24) is 10.2 Å². The molecule has 94 valence electrons. The Morgan fingerprint density at radius 3 is 2.19 bits per heavy atom. The molecule has 0 aromatic rings. The molecule has 3 heteroatoms. The summed E-state index contributed by atoms with van der Waals surface area (Å²) in [5.41, 5.74) is 0. The van der Waals surface area contributed by atoms with E-state index in [1.165, 1.54) is 64.8 Å². The van der Waals surface area contributed by atoms with Gasteiger partial charge in [0, 0.05) is 19.6 Å². The maximum Gasteiger partial charge on any atom is 0.00130 e. The number of piperidine rings is 1. The smallest absolute Gasteiger partial charge is 0.00130 e.